The Bertz CT molecular complexity index is 1170. The first kappa shape index (κ1) is 26.0. The molecule has 0 aliphatic heterocycles. The monoisotopic (exact) mass is 546 g/mol. The first-order valence-electron chi connectivity index (χ1n) is 12.8. The molecule has 2 aromatic rings. The third-order valence-corrected chi connectivity index (χ3v) is 17.1. The van der Waals surface area contributed by atoms with E-state index in [9.17, 15) is 0 Å². The molecule has 0 atom stereocenters. The first-order valence-corrected chi connectivity index (χ1v) is 17.2. The molecule has 0 radical (unpaired) electrons. The number of benzene rings is 2. The molecule has 0 aromatic heterocycles. The SMILES string of the molecule is Cc1c(C)c(C)c([O][Zr]([O]c2c(C)c(C)c(C)c(C)c2C)([C]2=CC=CC2)[C]2=CC=CC2)c(C)c1C. The van der Waals surface area contributed by atoms with Gasteiger partial charge in [-0.1, -0.05) is 0 Å². The Labute approximate surface area is 218 Å². The fourth-order valence-electron chi connectivity index (χ4n) is 5.40. The summed E-state index contributed by atoms with van der Waals surface area (Å²) >= 11 is -4.12. The Hall–Kier alpha value is -2.12. The summed E-state index contributed by atoms with van der Waals surface area (Å²) in [6, 6.07) is 0. The summed E-state index contributed by atoms with van der Waals surface area (Å²) in [6.07, 6.45) is 15.2. The standard InChI is InChI=1S/2C11H16O.2C5H5.Zr/c2*1-6-7(2)9(4)11(12)10(5)8(6)3;2*1-2-4-5-3-1;/h2*12H,1-5H3;2*1-3H,4H2;/q;;;;+2/p-2. The normalized spacial score (nSPS) is 15.0. The number of allylic oxidation sites excluding steroid dienone is 8. The van der Waals surface area contributed by atoms with Gasteiger partial charge in [0.15, 0.2) is 0 Å². The van der Waals surface area contributed by atoms with Crippen molar-refractivity contribution >= 4 is 0 Å². The first-order chi connectivity index (χ1) is 16.5. The summed E-state index contributed by atoms with van der Waals surface area (Å²) in [5.74, 6) is 2.05. The molecule has 0 unspecified atom stereocenters. The van der Waals surface area contributed by atoms with E-state index in [1.54, 1.807) is 0 Å². The van der Waals surface area contributed by atoms with Crippen LogP contribution in [-0.2, 0) is 21.1 Å². The zero-order valence-electron chi connectivity index (χ0n) is 23.2. The Kier molecular flexibility index (Phi) is 7.22. The Morgan fingerprint density at radius 3 is 1.00 bits per heavy atom. The van der Waals surface area contributed by atoms with E-state index in [0.29, 0.717) is 0 Å². The van der Waals surface area contributed by atoms with Crippen LogP contribution in [0.4, 0.5) is 0 Å². The van der Waals surface area contributed by atoms with Gasteiger partial charge in [0.2, 0.25) is 0 Å². The molecule has 184 valence electrons. The van der Waals surface area contributed by atoms with E-state index in [1.165, 1.54) is 62.2 Å². The minimum atomic E-state index is -4.12. The molecule has 2 aliphatic carbocycles. The average Bonchev–Trinajstić information content (AvgIpc) is 3.58. The van der Waals surface area contributed by atoms with E-state index in [0.717, 1.165) is 24.3 Å². The second-order valence-corrected chi connectivity index (χ2v) is 17.6. The van der Waals surface area contributed by atoms with Gasteiger partial charge in [-0.2, -0.15) is 0 Å². The summed E-state index contributed by atoms with van der Waals surface area (Å²) in [7, 11) is 0. The molecule has 0 heterocycles. The van der Waals surface area contributed by atoms with E-state index < -0.39 is 21.1 Å². The molecular formula is C32H40O2Zr. The van der Waals surface area contributed by atoms with Crippen molar-refractivity contribution in [2.45, 2.75) is 82.1 Å². The van der Waals surface area contributed by atoms with Gasteiger partial charge in [-0.25, -0.2) is 0 Å². The third kappa shape index (κ3) is 4.25. The van der Waals surface area contributed by atoms with E-state index >= 15 is 0 Å². The van der Waals surface area contributed by atoms with Crippen molar-refractivity contribution in [1.29, 1.82) is 0 Å². The number of hydrogen-bond donors (Lipinski definition) is 0. The summed E-state index contributed by atoms with van der Waals surface area (Å²) < 4.78 is 17.6. The molecule has 4 rings (SSSR count). The van der Waals surface area contributed by atoms with Gasteiger partial charge in [-0.05, 0) is 0 Å². The molecule has 0 bridgehead atoms. The maximum absolute atomic E-state index is 7.44. The molecule has 0 N–H and O–H groups in total. The molecule has 0 amide bonds. The predicted molar refractivity (Wildman–Crippen MR) is 145 cm³/mol. The van der Waals surface area contributed by atoms with Crippen LogP contribution in [0, 0.1) is 69.2 Å². The Morgan fingerprint density at radius 1 is 0.457 bits per heavy atom. The molecule has 3 heteroatoms. The molecule has 0 saturated heterocycles. The van der Waals surface area contributed by atoms with Crippen LogP contribution in [0.3, 0.4) is 0 Å². The molecule has 0 spiro atoms. The zero-order valence-corrected chi connectivity index (χ0v) is 25.7. The van der Waals surface area contributed by atoms with Crippen molar-refractivity contribution in [3.05, 3.63) is 98.7 Å². The van der Waals surface area contributed by atoms with Crippen LogP contribution in [-0.4, -0.2) is 0 Å². The van der Waals surface area contributed by atoms with Gasteiger partial charge in [-0.3, -0.25) is 0 Å². The Balaban J connectivity index is 1.99. The molecule has 35 heavy (non-hydrogen) atoms. The Morgan fingerprint density at radius 2 is 0.743 bits per heavy atom. The quantitative estimate of drug-likeness (QED) is 0.359. The predicted octanol–water partition coefficient (Wildman–Crippen LogP) is 8.90. The molecule has 2 aromatic carbocycles. The van der Waals surface area contributed by atoms with Crippen molar-refractivity contribution in [2.75, 3.05) is 0 Å². The average molecular weight is 548 g/mol. The fraction of sp³-hybridized carbons (Fsp3) is 0.375. The summed E-state index contributed by atoms with van der Waals surface area (Å²) in [5.41, 5.74) is 12.9. The fourth-order valence-corrected chi connectivity index (χ4v) is 14.2. The zero-order chi connectivity index (χ0) is 25.7. The van der Waals surface area contributed by atoms with Gasteiger partial charge in [0.25, 0.3) is 0 Å². The molecule has 0 saturated carbocycles. The van der Waals surface area contributed by atoms with Crippen LogP contribution < -0.4 is 5.63 Å². The van der Waals surface area contributed by atoms with Gasteiger partial charge in [0.05, 0.1) is 0 Å². The number of hydrogen-bond acceptors (Lipinski definition) is 2. The van der Waals surface area contributed by atoms with Crippen LogP contribution in [0.25, 0.3) is 0 Å². The van der Waals surface area contributed by atoms with Crippen LogP contribution in [0.5, 0.6) is 11.5 Å². The van der Waals surface area contributed by atoms with Gasteiger partial charge in [-0.15, -0.1) is 0 Å². The third-order valence-electron chi connectivity index (χ3n) is 8.74. The van der Waals surface area contributed by atoms with Crippen molar-refractivity contribution in [1.82, 2.24) is 0 Å². The molecular weight excluding hydrogens is 508 g/mol. The van der Waals surface area contributed by atoms with E-state index in [2.05, 4.69) is 106 Å². The van der Waals surface area contributed by atoms with E-state index in [4.69, 9.17) is 5.63 Å². The van der Waals surface area contributed by atoms with Gasteiger partial charge in [0, 0.05) is 0 Å². The number of rotatable bonds is 6. The van der Waals surface area contributed by atoms with Crippen LogP contribution in [0.15, 0.2) is 43.0 Å². The van der Waals surface area contributed by atoms with Crippen LogP contribution in [0.1, 0.15) is 68.5 Å². The van der Waals surface area contributed by atoms with Crippen molar-refractivity contribution in [3.8, 4) is 11.5 Å². The van der Waals surface area contributed by atoms with Gasteiger partial charge in [0.1, 0.15) is 0 Å². The van der Waals surface area contributed by atoms with E-state index in [1.807, 2.05) is 0 Å². The maximum atomic E-state index is 7.44. The summed E-state index contributed by atoms with van der Waals surface area (Å²) in [5, 5.41) is 0. The second kappa shape index (κ2) is 9.74. The van der Waals surface area contributed by atoms with Gasteiger partial charge < -0.3 is 0 Å². The molecule has 2 nitrogen and oxygen atoms in total. The van der Waals surface area contributed by atoms with Crippen molar-refractivity contribution in [3.63, 3.8) is 0 Å². The van der Waals surface area contributed by atoms with E-state index in [-0.39, 0.29) is 0 Å². The van der Waals surface area contributed by atoms with Crippen molar-refractivity contribution < 1.29 is 26.8 Å². The minimum absolute atomic E-state index is 0.900. The van der Waals surface area contributed by atoms with Gasteiger partial charge >= 0.3 is 219 Å². The second-order valence-electron chi connectivity index (χ2n) is 10.4. The molecule has 2 aliphatic rings. The van der Waals surface area contributed by atoms with Crippen LogP contribution >= 0.6 is 0 Å². The summed E-state index contributed by atoms with van der Waals surface area (Å²) in [6.45, 7) is 22.1. The topological polar surface area (TPSA) is 18.5 Å². The molecule has 0 fully saturated rings. The van der Waals surface area contributed by atoms with Crippen LogP contribution in [0.2, 0.25) is 0 Å². The summed E-state index contributed by atoms with van der Waals surface area (Å²) in [4.78, 5) is 0. The van der Waals surface area contributed by atoms with Crippen molar-refractivity contribution in [2.24, 2.45) is 0 Å².